The molecule has 1 aliphatic carbocycles. The number of hydrogen-bond acceptors (Lipinski definition) is 7. The highest BCUT2D eigenvalue weighted by Gasteiger charge is 2.49. The van der Waals surface area contributed by atoms with E-state index in [1.54, 1.807) is 12.1 Å². The number of nitrogens with zero attached hydrogens (tertiary/aromatic N) is 4. The van der Waals surface area contributed by atoms with Crippen molar-refractivity contribution < 1.29 is 19.2 Å². The van der Waals surface area contributed by atoms with Crippen LogP contribution >= 0.6 is 0 Å². The van der Waals surface area contributed by atoms with Crippen molar-refractivity contribution in [1.82, 2.24) is 0 Å². The first-order valence-electron chi connectivity index (χ1n) is 12.4. The molecule has 0 bridgehead atoms. The molecule has 3 aliphatic rings. The molecule has 0 N–H and O–H groups in total. The molecule has 0 radical (unpaired) electrons. The van der Waals surface area contributed by atoms with Gasteiger partial charge in [0.2, 0.25) is 11.8 Å². The normalized spacial score (nSPS) is 22.4. The summed E-state index contributed by atoms with van der Waals surface area (Å²) in [6.45, 7) is 5.12. The molecular weight excluding hydrogens is 448 g/mol. The van der Waals surface area contributed by atoms with Crippen molar-refractivity contribution in [3.05, 3.63) is 52.6 Å². The number of ether oxygens (including phenoxy) is 1. The molecule has 9 heteroatoms. The van der Waals surface area contributed by atoms with E-state index in [-0.39, 0.29) is 29.3 Å². The van der Waals surface area contributed by atoms with Crippen LogP contribution in [0.1, 0.15) is 32.6 Å². The Labute approximate surface area is 204 Å². The number of nitro groups is 1. The lowest BCUT2D eigenvalue weighted by Crippen LogP contribution is -2.46. The lowest BCUT2D eigenvalue weighted by atomic mass is 9.81. The third-order valence-electron chi connectivity index (χ3n) is 7.38. The van der Waals surface area contributed by atoms with E-state index in [2.05, 4.69) is 4.90 Å². The first-order chi connectivity index (χ1) is 17.0. The summed E-state index contributed by atoms with van der Waals surface area (Å²) in [6, 6.07) is 12.6. The van der Waals surface area contributed by atoms with Crippen molar-refractivity contribution in [1.29, 1.82) is 0 Å². The number of hydrogen-bond donors (Lipinski definition) is 0. The zero-order chi connectivity index (χ0) is 24.5. The van der Waals surface area contributed by atoms with Crippen LogP contribution in [0.3, 0.4) is 0 Å². The van der Waals surface area contributed by atoms with Crippen molar-refractivity contribution in [2.45, 2.75) is 32.6 Å². The molecule has 0 unspecified atom stereocenters. The predicted molar refractivity (Wildman–Crippen MR) is 133 cm³/mol. The number of benzene rings is 2. The molecule has 9 nitrogen and oxygen atoms in total. The zero-order valence-electron chi connectivity index (χ0n) is 19.9. The molecule has 35 heavy (non-hydrogen) atoms. The fourth-order valence-electron chi connectivity index (χ4n) is 5.67. The van der Waals surface area contributed by atoms with Crippen molar-refractivity contribution in [2.24, 2.45) is 11.8 Å². The Bertz CT molecular complexity index is 1120. The Morgan fingerprint density at radius 2 is 1.51 bits per heavy atom. The zero-order valence-corrected chi connectivity index (χ0v) is 19.9. The number of amides is 2. The van der Waals surface area contributed by atoms with E-state index < -0.39 is 4.92 Å². The summed E-state index contributed by atoms with van der Waals surface area (Å²) >= 11 is 0. The number of carbonyl (C=O) groups is 2. The summed E-state index contributed by atoms with van der Waals surface area (Å²) in [5.74, 6) is -0.184. The average Bonchev–Trinajstić information content (AvgIpc) is 3.14. The fraction of sp³-hybridized carbons (Fsp3) is 0.462. The minimum absolute atomic E-state index is 0.0823. The van der Waals surface area contributed by atoms with Gasteiger partial charge in [-0.05, 0) is 44.0 Å². The molecular formula is C26H30N4O5. The second kappa shape index (κ2) is 9.56. The van der Waals surface area contributed by atoms with E-state index in [1.807, 2.05) is 36.1 Å². The van der Waals surface area contributed by atoms with Crippen LogP contribution in [0.2, 0.25) is 0 Å². The lowest BCUT2D eigenvalue weighted by molar-refractivity contribution is -0.384. The number of rotatable bonds is 6. The molecule has 2 saturated heterocycles. The van der Waals surface area contributed by atoms with E-state index in [0.29, 0.717) is 57.0 Å². The van der Waals surface area contributed by atoms with Gasteiger partial charge < -0.3 is 14.5 Å². The van der Waals surface area contributed by atoms with Gasteiger partial charge in [-0.15, -0.1) is 0 Å². The van der Waals surface area contributed by atoms with Gasteiger partial charge in [0.1, 0.15) is 11.4 Å². The van der Waals surface area contributed by atoms with Gasteiger partial charge in [0.15, 0.2) is 0 Å². The SMILES string of the molecule is CCOc1ccccc1N1CCN(c2ccc(N3C(=O)[C@H]4CCCC[C@@H]4C3=O)cc2[N+](=O)[O-])CC1. The van der Waals surface area contributed by atoms with Crippen LogP contribution in [0.5, 0.6) is 5.75 Å². The predicted octanol–water partition coefficient (Wildman–Crippen LogP) is 4.00. The minimum atomic E-state index is -0.423. The third kappa shape index (κ3) is 4.19. The fourth-order valence-corrected chi connectivity index (χ4v) is 5.67. The number of imide groups is 1. The monoisotopic (exact) mass is 478 g/mol. The standard InChI is InChI=1S/C26H30N4O5/c1-2-35-24-10-6-5-9-22(24)28-15-13-27(14-16-28)21-12-11-18(17-23(21)30(33)34)29-25(31)19-7-3-4-8-20(19)26(29)32/h5-6,9-12,17,19-20H,2-4,7-8,13-16H2,1H3/t19-,20-/m0/s1. The number of para-hydroxylation sites is 2. The Kier molecular flexibility index (Phi) is 6.32. The van der Waals surface area contributed by atoms with Crippen molar-refractivity contribution >= 4 is 34.6 Å². The Morgan fingerprint density at radius 1 is 0.914 bits per heavy atom. The molecule has 2 amide bonds. The Hall–Kier alpha value is -3.62. The molecule has 2 heterocycles. The maximum atomic E-state index is 13.0. The van der Waals surface area contributed by atoms with Gasteiger partial charge in [-0.1, -0.05) is 25.0 Å². The van der Waals surface area contributed by atoms with Crippen LogP contribution in [-0.2, 0) is 9.59 Å². The summed E-state index contributed by atoms with van der Waals surface area (Å²) in [6.07, 6.45) is 3.30. The molecule has 2 aromatic carbocycles. The highest BCUT2D eigenvalue weighted by Crippen LogP contribution is 2.42. The second-order valence-electron chi connectivity index (χ2n) is 9.31. The van der Waals surface area contributed by atoms with Crippen molar-refractivity contribution in [3.8, 4) is 5.75 Å². The summed E-state index contributed by atoms with van der Waals surface area (Å²) in [4.78, 5) is 42.9. The van der Waals surface area contributed by atoms with Crippen LogP contribution in [0, 0.1) is 22.0 Å². The van der Waals surface area contributed by atoms with Crippen LogP contribution < -0.4 is 19.4 Å². The van der Waals surface area contributed by atoms with Gasteiger partial charge in [-0.25, -0.2) is 4.90 Å². The average molecular weight is 479 g/mol. The van der Waals surface area contributed by atoms with Gasteiger partial charge in [0.25, 0.3) is 5.69 Å². The highest BCUT2D eigenvalue weighted by molar-refractivity contribution is 6.22. The summed E-state index contributed by atoms with van der Waals surface area (Å²) in [7, 11) is 0. The summed E-state index contributed by atoms with van der Waals surface area (Å²) in [5.41, 5.74) is 1.75. The van der Waals surface area contributed by atoms with Gasteiger partial charge in [0, 0.05) is 32.2 Å². The third-order valence-corrected chi connectivity index (χ3v) is 7.38. The molecule has 2 aliphatic heterocycles. The number of anilines is 3. The molecule has 3 fully saturated rings. The van der Waals surface area contributed by atoms with Crippen LogP contribution in [0.4, 0.5) is 22.7 Å². The van der Waals surface area contributed by atoms with E-state index >= 15 is 0 Å². The lowest BCUT2D eigenvalue weighted by Gasteiger charge is -2.37. The number of fused-ring (bicyclic) bond motifs is 1. The van der Waals surface area contributed by atoms with Crippen molar-refractivity contribution in [3.63, 3.8) is 0 Å². The van der Waals surface area contributed by atoms with Crippen molar-refractivity contribution in [2.75, 3.05) is 47.5 Å². The molecule has 2 atom stereocenters. The van der Waals surface area contributed by atoms with Gasteiger partial charge in [0.05, 0.1) is 34.7 Å². The van der Waals surface area contributed by atoms with E-state index in [1.165, 1.54) is 11.0 Å². The molecule has 2 aromatic rings. The topological polar surface area (TPSA) is 96.2 Å². The van der Waals surface area contributed by atoms with Gasteiger partial charge >= 0.3 is 0 Å². The summed E-state index contributed by atoms with van der Waals surface area (Å²) < 4.78 is 5.76. The second-order valence-corrected chi connectivity index (χ2v) is 9.31. The molecule has 0 spiro atoms. The molecule has 5 rings (SSSR count). The Morgan fingerprint density at radius 3 is 2.11 bits per heavy atom. The summed E-state index contributed by atoms with van der Waals surface area (Å²) in [5, 5.41) is 12.0. The van der Waals surface area contributed by atoms with Crippen LogP contribution in [-0.4, -0.2) is 49.5 Å². The number of nitro benzene ring substituents is 1. The van der Waals surface area contributed by atoms with Gasteiger partial charge in [-0.2, -0.15) is 0 Å². The van der Waals surface area contributed by atoms with E-state index in [4.69, 9.17) is 4.74 Å². The van der Waals surface area contributed by atoms with Crippen LogP contribution in [0.15, 0.2) is 42.5 Å². The number of piperazine rings is 1. The minimum Gasteiger partial charge on any atom is -0.492 e. The highest BCUT2D eigenvalue weighted by atomic mass is 16.6. The van der Waals surface area contributed by atoms with E-state index in [0.717, 1.165) is 24.3 Å². The largest absolute Gasteiger partial charge is 0.492 e. The van der Waals surface area contributed by atoms with Crippen LogP contribution in [0.25, 0.3) is 0 Å². The maximum absolute atomic E-state index is 13.0. The number of carbonyl (C=O) groups excluding carboxylic acids is 2. The maximum Gasteiger partial charge on any atom is 0.294 e. The van der Waals surface area contributed by atoms with Gasteiger partial charge in [-0.3, -0.25) is 19.7 Å². The smallest absolute Gasteiger partial charge is 0.294 e. The molecule has 184 valence electrons. The van der Waals surface area contributed by atoms with E-state index in [9.17, 15) is 19.7 Å². The first-order valence-corrected chi connectivity index (χ1v) is 12.4. The Balaban J connectivity index is 1.36. The first kappa shape index (κ1) is 23.1. The molecule has 0 aromatic heterocycles. The molecule has 1 saturated carbocycles. The quantitative estimate of drug-likeness (QED) is 0.352.